The van der Waals surface area contributed by atoms with E-state index in [9.17, 15) is 9.18 Å². The van der Waals surface area contributed by atoms with Gasteiger partial charge >= 0.3 is 0 Å². The molecule has 1 aliphatic rings. The highest BCUT2D eigenvalue weighted by Crippen LogP contribution is 2.32. The Morgan fingerprint density at radius 1 is 1.29 bits per heavy atom. The first-order valence-corrected chi connectivity index (χ1v) is 6.93. The molecule has 1 N–H and O–H groups in total. The number of carbonyl (C=O) groups excluding carboxylic acids is 1. The van der Waals surface area contributed by atoms with E-state index < -0.39 is 5.82 Å². The third-order valence-corrected chi connectivity index (χ3v) is 3.60. The van der Waals surface area contributed by atoms with E-state index in [1.165, 1.54) is 18.2 Å². The van der Waals surface area contributed by atoms with Crippen LogP contribution in [-0.4, -0.2) is 12.5 Å². The van der Waals surface area contributed by atoms with Gasteiger partial charge in [-0.25, -0.2) is 4.39 Å². The first kappa shape index (κ1) is 13.6. The molecule has 3 nitrogen and oxygen atoms in total. The van der Waals surface area contributed by atoms with Gasteiger partial charge in [-0.15, -0.1) is 0 Å². The first-order chi connectivity index (χ1) is 10.1. The minimum atomic E-state index is -0.411. The van der Waals surface area contributed by atoms with E-state index in [-0.39, 0.29) is 11.9 Å². The van der Waals surface area contributed by atoms with Gasteiger partial charge in [0.1, 0.15) is 11.6 Å². The lowest BCUT2D eigenvalue weighted by Crippen LogP contribution is -2.32. The van der Waals surface area contributed by atoms with Gasteiger partial charge in [0.05, 0.1) is 12.6 Å². The SMILES string of the molecule is Cc1ccc2c(c1)C(NC(=O)c1cccc(F)c1)CCO2. The fourth-order valence-electron chi connectivity index (χ4n) is 2.54. The largest absolute Gasteiger partial charge is 0.493 e. The number of benzene rings is 2. The Morgan fingerprint density at radius 3 is 2.95 bits per heavy atom. The van der Waals surface area contributed by atoms with Crippen molar-refractivity contribution >= 4 is 5.91 Å². The topological polar surface area (TPSA) is 38.3 Å². The molecular formula is C17H16FNO2. The molecule has 0 aliphatic carbocycles. The van der Waals surface area contributed by atoms with Gasteiger partial charge in [-0.3, -0.25) is 4.79 Å². The highest BCUT2D eigenvalue weighted by molar-refractivity contribution is 5.94. The molecule has 1 atom stereocenters. The summed E-state index contributed by atoms with van der Waals surface area (Å²) in [6.07, 6.45) is 0.706. The third-order valence-electron chi connectivity index (χ3n) is 3.60. The Balaban J connectivity index is 1.83. The highest BCUT2D eigenvalue weighted by atomic mass is 19.1. The number of aryl methyl sites for hydroxylation is 1. The zero-order valence-electron chi connectivity index (χ0n) is 11.7. The Labute approximate surface area is 122 Å². The Morgan fingerprint density at radius 2 is 2.14 bits per heavy atom. The monoisotopic (exact) mass is 285 g/mol. The second kappa shape index (κ2) is 5.56. The van der Waals surface area contributed by atoms with Crippen molar-refractivity contribution in [3.8, 4) is 5.75 Å². The number of fused-ring (bicyclic) bond motifs is 1. The van der Waals surface area contributed by atoms with Gasteiger partial charge in [-0.05, 0) is 31.2 Å². The summed E-state index contributed by atoms with van der Waals surface area (Å²) in [5.41, 5.74) is 2.42. The molecule has 4 heteroatoms. The number of hydrogen-bond acceptors (Lipinski definition) is 2. The van der Waals surface area contributed by atoms with Crippen LogP contribution < -0.4 is 10.1 Å². The van der Waals surface area contributed by atoms with Crippen LogP contribution in [0.3, 0.4) is 0 Å². The van der Waals surface area contributed by atoms with Crippen molar-refractivity contribution in [2.45, 2.75) is 19.4 Å². The summed E-state index contributed by atoms with van der Waals surface area (Å²) >= 11 is 0. The smallest absolute Gasteiger partial charge is 0.251 e. The number of halogens is 1. The fourth-order valence-corrected chi connectivity index (χ4v) is 2.54. The van der Waals surface area contributed by atoms with Crippen LogP contribution in [0.25, 0.3) is 0 Å². The van der Waals surface area contributed by atoms with Crippen LogP contribution >= 0.6 is 0 Å². The van der Waals surface area contributed by atoms with Gasteiger partial charge in [-0.2, -0.15) is 0 Å². The van der Waals surface area contributed by atoms with E-state index in [1.807, 2.05) is 25.1 Å². The van der Waals surface area contributed by atoms with Crippen molar-refractivity contribution < 1.29 is 13.9 Å². The maximum Gasteiger partial charge on any atom is 0.251 e. The standard InChI is InChI=1S/C17H16FNO2/c1-11-5-6-16-14(9-11)15(7-8-21-16)19-17(20)12-3-2-4-13(18)10-12/h2-6,9-10,15H,7-8H2,1H3,(H,19,20). The summed E-state index contributed by atoms with van der Waals surface area (Å²) in [6, 6.07) is 11.5. The minimum Gasteiger partial charge on any atom is -0.493 e. The van der Waals surface area contributed by atoms with Crippen molar-refractivity contribution in [3.05, 3.63) is 65.0 Å². The summed E-state index contributed by atoms with van der Waals surface area (Å²) in [7, 11) is 0. The van der Waals surface area contributed by atoms with E-state index in [4.69, 9.17) is 4.74 Å². The molecule has 0 saturated carbocycles. The second-order valence-electron chi connectivity index (χ2n) is 5.21. The van der Waals surface area contributed by atoms with Gasteiger partial charge in [0, 0.05) is 17.5 Å². The molecule has 2 aromatic carbocycles. The van der Waals surface area contributed by atoms with Crippen LogP contribution in [0.5, 0.6) is 5.75 Å². The number of nitrogens with one attached hydrogen (secondary N) is 1. The molecule has 2 aromatic rings. The maximum absolute atomic E-state index is 13.2. The summed E-state index contributed by atoms with van der Waals surface area (Å²) in [4.78, 5) is 12.2. The Bertz CT molecular complexity index is 684. The number of amides is 1. The molecule has 0 aromatic heterocycles. The van der Waals surface area contributed by atoms with Crippen LogP contribution in [0.15, 0.2) is 42.5 Å². The maximum atomic E-state index is 13.2. The fraction of sp³-hybridized carbons (Fsp3) is 0.235. The first-order valence-electron chi connectivity index (χ1n) is 6.93. The highest BCUT2D eigenvalue weighted by Gasteiger charge is 2.23. The van der Waals surface area contributed by atoms with Gasteiger partial charge in [-0.1, -0.05) is 23.8 Å². The van der Waals surface area contributed by atoms with Crippen molar-refractivity contribution in [2.24, 2.45) is 0 Å². The molecule has 0 radical (unpaired) electrons. The third kappa shape index (κ3) is 2.89. The molecule has 108 valence electrons. The van der Waals surface area contributed by atoms with E-state index in [2.05, 4.69) is 5.32 Å². The van der Waals surface area contributed by atoms with Gasteiger partial charge in [0.25, 0.3) is 5.91 Å². The summed E-state index contributed by atoms with van der Waals surface area (Å²) in [5.74, 6) is 0.121. The quantitative estimate of drug-likeness (QED) is 0.918. The van der Waals surface area contributed by atoms with Crippen LogP contribution in [0.1, 0.15) is 33.9 Å². The molecule has 1 aliphatic heterocycles. The molecule has 0 spiro atoms. The Kier molecular flexibility index (Phi) is 3.60. The molecular weight excluding hydrogens is 269 g/mol. The van der Waals surface area contributed by atoms with Crippen molar-refractivity contribution in [1.29, 1.82) is 0 Å². The average molecular weight is 285 g/mol. The molecule has 0 bridgehead atoms. The minimum absolute atomic E-state index is 0.107. The van der Waals surface area contributed by atoms with Crippen molar-refractivity contribution in [3.63, 3.8) is 0 Å². The predicted octanol–water partition coefficient (Wildman–Crippen LogP) is 3.39. The van der Waals surface area contributed by atoms with Gasteiger partial charge in [0.2, 0.25) is 0 Å². The summed E-state index contributed by atoms with van der Waals surface area (Å²) in [6.45, 7) is 2.56. The van der Waals surface area contributed by atoms with E-state index in [1.54, 1.807) is 6.07 Å². The molecule has 0 fully saturated rings. The van der Waals surface area contributed by atoms with Crippen molar-refractivity contribution in [2.75, 3.05) is 6.61 Å². The molecule has 1 amide bonds. The predicted molar refractivity (Wildman–Crippen MR) is 77.9 cm³/mol. The number of ether oxygens (including phenoxy) is 1. The number of hydrogen-bond donors (Lipinski definition) is 1. The lowest BCUT2D eigenvalue weighted by atomic mass is 9.98. The average Bonchev–Trinajstić information content (AvgIpc) is 2.48. The van der Waals surface area contributed by atoms with E-state index in [0.717, 1.165) is 16.9 Å². The van der Waals surface area contributed by atoms with Crippen LogP contribution in [-0.2, 0) is 0 Å². The number of carbonyl (C=O) groups is 1. The molecule has 21 heavy (non-hydrogen) atoms. The lowest BCUT2D eigenvalue weighted by molar-refractivity contribution is 0.0924. The Hall–Kier alpha value is -2.36. The van der Waals surface area contributed by atoms with Crippen LogP contribution in [0, 0.1) is 12.7 Å². The van der Waals surface area contributed by atoms with E-state index in [0.29, 0.717) is 18.6 Å². The zero-order valence-corrected chi connectivity index (χ0v) is 11.7. The van der Waals surface area contributed by atoms with E-state index >= 15 is 0 Å². The zero-order chi connectivity index (χ0) is 14.8. The molecule has 1 unspecified atom stereocenters. The molecule has 1 heterocycles. The molecule has 0 saturated heterocycles. The van der Waals surface area contributed by atoms with Gasteiger partial charge < -0.3 is 10.1 Å². The van der Waals surface area contributed by atoms with Crippen molar-refractivity contribution in [1.82, 2.24) is 5.32 Å². The number of rotatable bonds is 2. The van der Waals surface area contributed by atoms with Gasteiger partial charge in [0.15, 0.2) is 0 Å². The summed E-state index contributed by atoms with van der Waals surface area (Å²) < 4.78 is 18.8. The second-order valence-corrected chi connectivity index (χ2v) is 5.21. The lowest BCUT2D eigenvalue weighted by Gasteiger charge is -2.27. The molecule has 3 rings (SSSR count). The van der Waals surface area contributed by atoms with Crippen LogP contribution in [0.2, 0.25) is 0 Å². The normalized spacial score (nSPS) is 16.8. The van der Waals surface area contributed by atoms with Crippen LogP contribution in [0.4, 0.5) is 4.39 Å². The summed E-state index contributed by atoms with van der Waals surface area (Å²) in [5, 5.41) is 2.96.